The summed E-state index contributed by atoms with van der Waals surface area (Å²) in [6.45, 7) is 1.94. The van der Waals surface area contributed by atoms with Crippen LogP contribution in [0.5, 0.6) is 0 Å². The van der Waals surface area contributed by atoms with Gasteiger partial charge in [-0.15, -0.1) is 0 Å². The highest BCUT2D eigenvalue weighted by Gasteiger charge is 2.34. The minimum Gasteiger partial charge on any atom is -0.342 e. The van der Waals surface area contributed by atoms with E-state index in [4.69, 9.17) is 0 Å². The number of carbonyl (C=O) groups excluding carboxylic acids is 2. The topological polar surface area (TPSA) is 52.6 Å². The van der Waals surface area contributed by atoms with Crippen molar-refractivity contribution in [2.75, 3.05) is 39.0 Å². The molecular formula is C16H21BrFN3O2. The number of carbonyl (C=O) groups is 2. The summed E-state index contributed by atoms with van der Waals surface area (Å²) in [7, 11) is 3.96. The number of benzene rings is 1. The summed E-state index contributed by atoms with van der Waals surface area (Å²) < 4.78 is 14.4. The van der Waals surface area contributed by atoms with E-state index in [0.29, 0.717) is 17.6 Å². The number of anilines is 1. The molecule has 0 radical (unpaired) electrons. The van der Waals surface area contributed by atoms with Crippen molar-refractivity contribution in [2.24, 2.45) is 5.92 Å². The SMILES string of the molecule is CN(C)CCCN1CC(C(=O)Nc2ccc(Br)cc2F)CC1=O. The fourth-order valence-corrected chi connectivity index (χ4v) is 2.90. The highest BCUT2D eigenvalue weighted by atomic mass is 79.9. The number of hydrogen-bond acceptors (Lipinski definition) is 3. The van der Waals surface area contributed by atoms with Crippen LogP contribution in [0.25, 0.3) is 0 Å². The van der Waals surface area contributed by atoms with Gasteiger partial charge in [0.25, 0.3) is 0 Å². The van der Waals surface area contributed by atoms with E-state index >= 15 is 0 Å². The molecule has 1 unspecified atom stereocenters. The first-order valence-electron chi connectivity index (χ1n) is 7.55. The normalized spacial score (nSPS) is 17.9. The predicted octanol–water partition coefficient (Wildman–Crippen LogP) is 2.33. The monoisotopic (exact) mass is 385 g/mol. The lowest BCUT2D eigenvalue weighted by Crippen LogP contribution is -2.30. The molecule has 0 bridgehead atoms. The van der Waals surface area contributed by atoms with Crippen LogP contribution in [0.3, 0.4) is 0 Å². The Bertz CT molecular complexity index is 595. The highest BCUT2D eigenvalue weighted by Crippen LogP contribution is 2.23. The lowest BCUT2D eigenvalue weighted by molar-refractivity contribution is -0.128. The maximum Gasteiger partial charge on any atom is 0.229 e. The summed E-state index contributed by atoms with van der Waals surface area (Å²) in [5, 5.41) is 2.57. The van der Waals surface area contributed by atoms with Gasteiger partial charge in [-0.1, -0.05) is 15.9 Å². The maximum atomic E-state index is 13.8. The summed E-state index contributed by atoms with van der Waals surface area (Å²) in [5.74, 6) is -1.25. The van der Waals surface area contributed by atoms with Crippen molar-refractivity contribution in [1.82, 2.24) is 9.80 Å². The molecule has 1 fully saturated rings. The van der Waals surface area contributed by atoms with E-state index in [9.17, 15) is 14.0 Å². The minimum absolute atomic E-state index is 0.0137. The van der Waals surface area contributed by atoms with Crippen molar-refractivity contribution >= 4 is 33.4 Å². The van der Waals surface area contributed by atoms with Gasteiger partial charge < -0.3 is 15.1 Å². The van der Waals surface area contributed by atoms with Crippen molar-refractivity contribution < 1.29 is 14.0 Å². The van der Waals surface area contributed by atoms with Gasteiger partial charge in [0.05, 0.1) is 11.6 Å². The molecule has 1 saturated heterocycles. The first-order valence-corrected chi connectivity index (χ1v) is 8.34. The van der Waals surface area contributed by atoms with Gasteiger partial charge in [-0.3, -0.25) is 9.59 Å². The van der Waals surface area contributed by atoms with Gasteiger partial charge in [0, 0.05) is 24.0 Å². The van der Waals surface area contributed by atoms with Gasteiger partial charge in [-0.05, 0) is 45.3 Å². The van der Waals surface area contributed by atoms with E-state index in [1.54, 1.807) is 11.0 Å². The van der Waals surface area contributed by atoms with Crippen molar-refractivity contribution in [3.8, 4) is 0 Å². The lowest BCUT2D eigenvalue weighted by atomic mass is 10.1. The fraction of sp³-hybridized carbons (Fsp3) is 0.500. The largest absolute Gasteiger partial charge is 0.342 e. The second-order valence-corrected chi connectivity index (χ2v) is 6.93. The van der Waals surface area contributed by atoms with E-state index in [1.165, 1.54) is 12.1 Å². The first-order chi connectivity index (χ1) is 10.9. The smallest absolute Gasteiger partial charge is 0.229 e. The molecule has 5 nitrogen and oxygen atoms in total. The summed E-state index contributed by atoms with van der Waals surface area (Å²) >= 11 is 3.17. The average Bonchev–Trinajstić information content (AvgIpc) is 2.83. The van der Waals surface area contributed by atoms with Crippen LogP contribution in [0.1, 0.15) is 12.8 Å². The minimum atomic E-state index is -0.500. The number of hydrogen-bond donors (Lipinski definition) is 1. The molecule has 1 aliphatic heterocycles. The Hall–Kier alpha value is -1.47. The molecule has 0 aliphatic carbocycles. The van der Waals surface area contributed by atoms with Gasteiger partial charge in [-0.25, -0.2) is 4.39 Å². The van der Waals surface area contributed by atoms with Gasteiger partial charge >= 0.3 is 0 Å². The van der Waals surface area contributed by atoms with Crippen molar-refractivity contribution in [1.29, 1.82) is 0 Å². The molecule has 23 heavy (non-hydrogen) atoms. The van der Waals surface area contributed by atoms with Crippen molar-refractivity contribution in [2.45, 2.75) is 12.8 Å². The van der Waals surface area contributed by atoms with Gasteiger partial charge in [-0.2, -0.15) is 0 Å². The van der Waals surface area contributed by atoms with E-state index in [2.05, 4.69) is 26.1 Å². The van der Waals surface area contributed by atoms with Gasteiger partial charge in [0.15, 0.2) is 0 Å². The summed E-state index contributed by atoms with van der Waals surface area (Å²) in [6.07, 6.45) is 1.06. The Morgan fingerprint density at radius 1 is 1.48 bits per heavy atom. The van der Waals surface area contributed by atoms with Gasteiger partial charge in [0.2, 0.25) is 11.8 Å². The van der Waals surface area contributed by atoms with E-state index in [0.717, 1.165) is 13.0 Å². The standard InChI is InChI=1S/C16H21BrFN3O2/c1-20(2)6-3-7-21-10-11(8-15(21)22)16(23)19-14-5-4-12(17)9-13(14)18/h4-5,9,11H,3,6-8,10H2,1-2H3,(H,19,23). The van der Waals surface area contributed by atoms with Gasteiger partial charge in [0.1, 0.15) is 5.82 Å². The Morgan fingerprint density at radius 3 is 2.87 bits per heavy atom. The summed E-state index contributed by atoms with van der Waals surface area (Å²) in [4.78, 5) is 28.0. The molecule has 2 amide bonds. The number of amides is 2. The van der Waals surface area contributed by atoms with E-state index in [-0.39, 0.29) is 23.9 Å². The van der Waals surface area contributed by atoms with Crippen LogP contribution in [-0.4, -0.2) is 55.3 Å². The van der Waals surface area contributed by atoms with E-state index < -0.39 is 11.7 Å². The molecule has 126 valence electrons. The molecule has 1 aromatic rings. The molecule has 0 spiro atoms. The summed E-state index contributed by atoms with van der Waals surface area (Å²) in [5.41, 5.74) is 0.136. The molecule has 2 rings (SSSR count). The zero-order chi connectivity index (χ0) is 17.0. The summed E-state index contributed by atoms with van der Waals surface area (Å²) in [6, 6.07) is 4.46. The molecule has 1 aliphatic rings. The molecule has 1 heterocycles. The van der Waals surface area contributed by atoms with Crippen LogP contribution < -0.4 is 5.32 Å². The van der Waals surface area contributed by atoms with E-state index in [1.807, 2.05) is 14.1 Å². The lowest BCUT2D eigenvalue weighted by Gasteiger charge is -2.18. The van der Waals surface area contributed by atoms with Crippen LogP contribution in [0.15, 0.2) is 22.7 Å². The third-order valence-corrected chi connectivity index (χ3v) is 4.30. The van der Waals surface area contributed by atoms with Crippen molar-refractivity contribution in [3.05, 3.63) is 28.5 Å². The van der Waals surface area contributed by atoms with Crippen LogP contribution in [-0.2, 0) is 9.59 Å². The molecular weight excluding hydrogens is 365 g/mol. The van der Waals surface area contributed by atoms with Crippen molar-refractivity contribution in [3.63, 3.8) is 0 Å². The Labute approximate surface area is 144 Å². The third-order valence-electron chi connectivity index (χ3n) is 3.81. The number of rotatable bonds is 6. The van der Waals surface area contributed by atoms with Crippen LogP contribution in [0, 0.1) is 11.7 Å². The predicted molar refractivity (Wildman–Crippen MR) is 90.6 cm³/mol. The molecule has 1 aromatic carbocycles. The maximum absolute atomic E-state index is 13.8. The number of nitrogens with zero attached hydrogens (tertiary/aromatic N) is 2. The third kappa shape index (κ3) is 5.00. The zero-order valence-electron chi connectivity index (χ0n) is 13.3. The number of likely N-dealkylation sites (tertiary alicyclic amines) is 1. The number of nitrogens with one attached hydrogen (secondary N) is 1. The second kappa shape index (κ2) is 7.88. The average molecular weight is 386 g/mol. The Balaban J connectivity index is 1.89. The Kier molecular flexibility index (Phi) is 6.12. The molecule has 0 saturated carbocycles. The molecule has 1 N–H and O–H groups in total. The molecule has 7 heteroatoms. The zero-order valence-corrected chi connectivity index (χ0v) is 14.9. The fourth-order valence-electron chi connectivity index (χ4n) is 2.57. The second-order valence-electron chi connectivity index (χ2n) is 6.01. The van der Waals surface area contributed by atoms with Crippen LogP contribution in [0.4, 0.5) is 10.1 Å². The van der Waals surface area contributed by atoms with Crippen LogP contribution in [0.2, 0.25) is 0 Å². The van der Waals surface area contributed by atoms with Crippen LogP contribution >= 0.6 is 15.9 Å². The first kappa shape index (κ1) is 17.9. The Morgan fingerprint density at radius 2 is 2.22 bits per heavy atom. The number of halogens is 2. The molecule has 0 aromatic heterocycles. The quantitative estimate of drug-likeness (QED) is 0.817. The molecule has 1 atom stereocenters. The highest BCUT2D eigenvalue weighted by molar-refractivity contribution is 9.10.